The molecule has 0 spiro atoms. The maximum absolute atomic E-state index is 12.9. The molecule has 1 aliphatic rings. The molecule has 5 rings (SSSR count). The molecule has 9 nitrogen and oxygen atoms in total. The second-order valence-corrected chi connectivity index (χ2v) is 7.44. The number of nitrogens with zero attached hydrogens (tertiary/aromatic N) is 3. The summed E-state index contributed by atoms with van der Waals surface area (Å²) >= 11 is 0. The van der Waals surface area contributed by atoms with Crippen LogP contribution < -0.4 is 25.1 Å². The van der Waals surface area contributed by atoms with E-state index in [0.717, 1.165) is 11.3 Å². The van der Waals surface area contributed by atoms with E-state index >= 15 is 0 Å². The summed E-state index contributed by atoms with van der Waals surface area (Å²) in [6.07, 6.45) is 3.39. The van der Waals surface area contributed by atoms with Crippen LogP contribution in [0.25, 0.3) is 16.8 Å². The Morgan fingerprint density at radius 3 is 2.73 bits per heavy atom. The third-order valence-corrected chi connectivity index (χ3v) is 5.34. The minimum absolute atomic E-state index is 0.153. The van der Waals surface area contributed by atoms with Crippen LogP contribution in [0.1, 0.15) is 17.3 Å². The zero-order valence-corrected chi connectivity index (χ0v) is 18.0. The molecule has 1 N–H and O–H groups in total. The number of nitrogens with one attached hydrogen (secondary N) is 1. The largest absolute Gasteiger partial charge is 0.494 e. The van der Waals surface area contributed by atoms with Crippen molar-refractivity contribution in [3.05, 3.63) is 76.8 Å². The van der Waals surface area contributed by atoms with Gasteiger partial charge in [0.15, 0.2) is 11.5 Å². The quantitative estimate of drug-likeness (QED) is 0.469. The Kier molecular flexibility index (Phi) is 5.43. The van der Waals surface area contributed by atoms with Gasteiger partial charge < -0.3 is 24.1 Å². The molecule has 0 radical (unpaired) electrons. The maximum atomic E-state index is 12.9. The standard InChI is InChI=1S/C24H22N4O5/c1-2-31-18-6-3-16(4-7-18)19-14-20-24(30)27(11-12-28(20)26-19)10-9-25-23(29)17-5-8-21-22(13-17)33-15-32-21/h3-8,11-14H,2,9-10,15H2,1H3,(H,25,29). The Labute approximate surface area is 189 Å². The number of benzene rings is 2. The van der Waals surface area contributed by atoms with Crippen LogP contribution in [0.3, 0.4) is 0 Å². The van der Waals surface area contributed by atoms with Gasteiger partial charge in [0.05, 0.1) is 12.3 Å². The highest BCUT2D eigenvalue weighted by Crippen LogP contribution is 2.32. The predicted molar refractivity (Wildman–Crippen MR) is 121 cm³/mol. The zero-order chi connectivity index (χ0) is 22.8. The second-order valence-electron chi connectivity index (χ2n) is 7.44. The van der Waals surface area contributed by atoms with Crippen molar-refractivity contribution in [1.82, 2.24) is 19.5 Å². The Morgan fingerprint density at radius 1 is 1.09 bits per heavy atom. The van der Waals surface area contributed by atoms with Gasteiger partial charge in [-0.2, -0.15) is 5.10 Å². The summed E-state index contributed by atoms with van der Waals surface area (Å²) in [5, 5.41) is 7.34. The van der Waals surface area contributed by atoms with Gasteiger partial charge in [0.25, 0.3) is 11.5 Å². The molecule has 0 atom stereocenters. The molecule has 0 aliphatic carbocycles. The van der Waals surface area contributed by atoms with Crippen LogP contribution in [0.15, 0.2) is 65.7 Å². The van der Waals surface area contributed by atoms with Crippen molar-refractivity contribution in [3.8, 4) is 28.5 Å². The van der Waals surface area contributed by atoms with Crippen LogP contribution in [-0.4, -0.2) is 40.0 Å². The van der Waals surface area contributed by atoms with Gasteiger partial charge in [0.2, 0.25) is 6.79 Å². The van der Waals surface area contributed by atoms with Gasteiger partial charge >= 0.3 is 0 Å². The molecule has 168 valence electrons. The molecule has 2 aromatic heterocycles. The number of carbonyl (C=O) groups excluding carboxylic acids is 1. The van der Waals surface area contributed by atoms with Crippen LogP contribution in [0.4, 0.5) is 0 Å². The Hall–Kier alpha value is -4.27. The molecule has 33 heavy (non-hydrogen) atoms. The summed E-state index contributed by atoms with van der Waals surface area (Å²) in [5.74, 6) is 1.71. The van der Waals surface area contributed by atoms with Gasteiger partial charge in [0, 0.05) is 36.6 Å². The van der Waals surface area contributed by atoms with Crippen molar-refractivity contribution in [1.29, 1.82) is 0 Å². The number of amides is 1. The molecule has 2 aromatic carbocycles. The van der Waals surface area contributed by atoms with Crippen LogP contribution in [0.5, 0.6) is 17.2 Å². The average molecular weight is 446 g/mol. The van der Waals surface area contributed by atoms with E-state index in [2.05, 4.69) is 10.4 Å². The average Bonchev–Trinajstić information content (AvgIpc) is 3.48. The molecule has 0 bridgehead atoms. The second kappa shape index (κ2) is 8.70. The van der Waals surface area contributed by atoms with Gasteiger partial charge in [-0.05, 0) is 55.5 Å². The van der Waals surface area contributed by atoms with E-state index in [0.29, 0.717) is 48.0 Å². The molecular weight excluding hydrogens is 424 g/mol. The van der Waals surface area contributed by atoms with Crippen LogP contribution in [0.2, 0.25) is 0 Å². The monoisotopic (exact) mass is 446 g/mol. The topological polar surface area (TPSA) is 96.1 Å². The molecule has 1 aliphatic heterocycles. The highest BCUT2D eigenvalue weighted by Gasteiger charge is 2.16. The normalized spacial score (nSPS) is 12.2. The number of carbonyl (C=O) groups is 1. The zero-order valence-electron chi connectivity index (χ0n) is 18.0. The third-order valence-electron chi connectivity index (χ3n) is 5.34. The molecule has 4 aromatic rings. The smallest absolute Gasteiger partial charge is 0.276 e. The third kappa shape index (κ3) is 4.12. The highest BCUT2D eigenvalue weighted by atomic mass is 16.7. The van der Waals surface area contributed by atoms with Crippen molar-refractivity contribution < 1.29 is 19.0 Å². The van der Waals surface area contributed by atoms with Gasteiger partial charge in [0.1, 0.15) is 11.3 Å². The number of rotatable bonds is 7. The van der Waals surface area contributed by atoms with Gasteiger partial charge in [-0.15, -0.1) is 0 Å². The fourth-order valence-electron chi connectivity index (χ4n) is 3.66. The molecular formula is C24H22N4O5. The number of ether oxygens (including phenoxy) is 3. The fourth-order valence-corrected chi connectivity index (χ4v) is 3.66. The lowest BCUT2D eigenvalue weighted by Gasteiger charge is -2.08. The number of hydrogen-bond donors (Lipinski definition) is 1. The van der Waals surface area contributed by atoms with E-state index < -0.39 is 0 Å². The summed E-state index contributed by atoms with van der Waals surface area (Å²) in [7, 11) is 0. The number of hydrogen-bond acceptors (Lipinski definition) is 6. The lowest BCUT2D eigenvalue weighted by Crippen LogP contribution is -2.31. The molecule has 0 saturated heterocycles. The Balaban J connectivity index is 1.27. The first-order valence-corrected chi connectivity index (χ1v) is 10.6. The lowest BCUT2D eigenvalue weighted by atomic mass is 10.1. The summed E-state index contributed by atoms with van der Waals surface area (Å²) in [5.41, 5.74) is 2.34. The predicted octanol–water partition coefficient (Wildman–Crippen LogP) is 2.72. The van der Waals surface area contributed by atoms with Gasteiger partial charge in [-0.1, -0.05) is 0 Å². The molecule has 0 saturated carbocycles. The summed E-state index contributed by atoms with van der Waals surface area (Å²) in [6.45, 7) is 3.31. The van der Waals surface area contributed by atoms with E-state index in [1.807, 2.05) is 31.2 Å². The van der Waals surface area contributed by atoms with Crippen molar-refractivity contribution in [2.75, 3.05) is 19.9 Å². The van der Waals surface area contributed by atoms with E-state index in [9.17, 15) is 9.59 Å². The van der Waals surface area contributed by atoms with Crippen molar-refractivity contribution in [2.24, 2.45) is 0 Å². The lowest BCUT2D eigenvalue weighted by molar-refractivity contribution is 0.0951. The molecule has 1 amide bonds. The van der Waals surface area contributed by atoms with Crippen molar-refractivity contribution in [2.45, 2.75) is 13.5 Å². The van der Waals surface area contributed by atoms with E-state index in [1.54, 1.807) is 45.7 Å². The minimum atomic E-state index is -0.246. The Bertz CT molecular complexity index is 1370. The van der Waals surface area contributed by atoms with E-state index in [4.69, 9.17) is 14.2 Å². The fraction of sp³-hybridized carbons (Fsp3) is 0.208. The number of fused-ring (bicyclic) bond motifs is 2. The molecule has 3 heterocycles. The van der Waals surface area contributed by atoms with Crippen LogP contribution in [0, 0.1) is 0 Å². The first kappa shape index (κ1) is 20.6. The number of aromatic nitrogens is 3. The first-order valence-electron chi connectivity index (χ1n) is 10.6. The van der Waals surface area contributed by atoms with Crippen LogP contribution in [-0.2, 0) is 6.54 Å². The summed E-state index contributed by atoms with van der Waals surface area (Å²) in [6, 6.07) is 14.4. The summed E-state index contributed by atoms with van der Waals surface area (Å²) < 4.78 is 19.2. The van der Waals surface area contributed by atoms with Crippen molar-refractivity contribution >= 4 is 11.4 Å². The summed E-state index contributed by atoms with van der Waals surface area (Å²) in [4.78, 5) is 25.4. The van der Waals surface area contributed by atoms with Crippen molar-refractivity contribution in [3.63, 3.8) is 0 Å². The Morgan fingerprint density at radius 2 is 1.91 bits per heavy atom. The van der Waals surface area contributed by atoms with Gasteiger partial charge in [-0.25, -0.2) is 4.52 Å². The van der Waals surface area contributed by atoms with E-state index in [1.165, 1.54) is 0 Å². The van der Waals surface area contributed by atoms with Gasteiger partial charge in [-0.3, -0.25) is 9.59 Å². The molecule has 9 heteroatoms. The minimum Gasteiger partial charge on any atom is -0.494 e. The van der Waals surface area contributed by atoms with E-state index in [-0.39, 0.29) is 18.3 Å². The SMILES string of the molecule is CCOc1ccc(-c2cc3c(=O)n(CCNC(=O)c4ccc5c(c4)OCO5)ccn3n2)cc1. The maximum Gasteiger partial charge on any atom is 0.276 e. The molecule has 0 unspecified atom stereocenters. The van der Waals surface area contributed by atoms with Crippen LogP contribution >= 0.6 is 0 Å². The molecule has 0 fully saturated rings. The highest BCUT2D eigenvalue weighted by molar-refractivity contribution is 5.94. The first-order chi connectivity index (χ1) is 16.1.